The molecule has 1 aliphatic carbocycles. The van der Waals surface area contributed by atoms with Crippen molar-refractivity contribution in [2.45, 2.75) is 38.1 Å². The summed E-state index contributed by atoms with van der Waals surface area (Å²) >= 11 is 0. The number of aromatic nitrogens is 4. The number of aliphatic carboxylic acids is 1. The van der Waals surface area contributed by atoms with Crippen molar-refractivity contribution < 1.29 is 14.7 Å². The van der Waals surface area contributed by atoms with Crippen molar-refractivity contribution in [2.24, 2.45) is 5.92 Å². The fourth-order valence-electron chi connectivity index (χ4n) is 3.26. The summed E-state index contributed by atoms with van der Waals surface area (Å²) in [6.07, 6.45) is 4.51. The van der Waals surface area contributed by atoms with Gasteiger partial charge in [0, 0.05) is 5.56 Å². The van der Waals surface area contributed by atoms with Crippen LogP contribution in [0.5, 0.6) is 0 Å². The average molecular weight is 329 g/mol. The Morgan fingerprint density at radius 3 is 2.67 bits per heavy atom. The molecule has 1 heterocycles. The van der Waals surface area contributed by atoms with E-state index in [1.165, 1.54) is 11.0 Å². The molecule has 2 aromatic rings. The third kappa shape index (κ3) is 3.12. The van der Waals surface area contributed by atoms with Crippen molar-refractivity contribution in [2.75, 3.05) is 0 Å². The zero-order valence-corrected chi connectivity index (χ0v) is 13.3. The van der Waals surface area contributed by atoms with Gasteiger partial charge in [-0.15, -0.1) is 5.10 Å². The second-order valence-corrected chi connectivity index (χ2v) is 6.31. The molecule has 1 aromatic heterocycles. The van der Waals surface area contributed by atoms with E-state index in [4.69, 9.17) is 0 Å². The maximum atomic E-state index is 12.5. The van der Waals surface area contributed by atoms with Crippen LogP contribution in [-0.2, 0) is 4.79 Å². The van der Waals surface area contributed by atoms with Crippen LogP contribution in [0.4, 0.5) is 0 Å². The summed E-state index contributed by atoms with van der Waals surface area (Å²) < 4.78 is 1.49. The molecule has 8 nitrogen and oxygen atoms in total. The Hall–Kier alpha value is -2.77. The second-order valence-electron chi connectivity index (χ2n) is 6.31. The molecule has 1 aliphatic rings. The molecule has 2 unspecified atom stereocenters. The van der Waals surface area contributed by atoms with Gasteiger partial charge in [0.25, 0.3) is 5.91 Å². The molecule has 0 spiro atoms. The minimum atomic E-state index is -0.855. The molecule has 126 valence electrons. The van der Waals surface area contributed by atoms with Crippen LogP contribution in [0.1, 0.15) is 43.0 Å². The molecule has 3 rings (SSSR count). The highest BCUT2D eigenvalue weighted by Crippen LogP contribution is 2.34. The molecule has 0 aliphatic heterocycles. The molecule has 0 bridgehead atoms. The van der Waals surface area contributed by atoms with Crippen molar-refractivity contribution >= 4 is 11.9 Å². The van der Waals surface area contributed by atoms with Gasteiger partial charge in [0.2, 0.25) is 0 Å². The molecular weight excluding hydrogens is 310 g/mol. The predicted molar refractivity (Wildman–Crippen MR) is 84.6 cm³/mol. The minimum absolute atomic E-state index is 0.270. The zero-order chi connectivity index (χ0) is 17.2. The molecule has 1 saturated carbocycles. The average Bonchev–Trinajstić information content (AvgIpc) is 3.09. The Kier molecular flexibility index (Phi) is 4.28. The smallest absolute Gasteiger partial charge is 0.308 e. The quantitative estimate of drug-likeness (QED) is 0.878. The van der Waals surface area contributed by atoms with Crippen LogP contribution in [-0.4, -0.2) is 42.7 Å². The molecule has 1 aromatic carbocycles. The molecule has 0 radical (unpaired) electrons. The summed E-state index contributed by atoms with van der Waals surface area (Å²) in [5.74, 6) is -1.68. The van der Waals surface area contributed by atoms with Gasteiger partial charge in [0.1, 0.15) is 6.33 Å². The summed E-state index contributed by atoms with van der Waals surface area (Å²) in [7, 11) is 0. The van der Waals surface area contributed by atoms with Gasteiger partial charge < -0.3 is 10.4 Å². The minimum Gasteiger partial charge on any atom is -0.481 e. The number of carboxylic acid groups (broad SMARTS) is 1. The lowest BCUT2D eigenvalue weighted by Gasteiger charge is -2.39. The van der Waals surface area contributed by atoms with Crippen molar-refractivity contribution in [3.63, 3.8) is 0 Å². The molecule has 24 heavy (non-hydrogen) atoms. The van der Waals surface area contributed by atoms with Gasteiger partial charge in [-0.1, -0.05) is 12.8 Å². The number of benzene rings is 1. The number of tetrazole rings is 1. The second kappa shape index (κ2) is 6.38. The van der Waals surface area contributed by atoms with Crippen LogP contribution >= 0.6 is 0 Å². The first-order valence-corrected chi connectivity index (χ1v) is 7.88. The van der Waals surface area contributed by atoms with Gasteiger partial charge in [-0.2, -0.15) is 0 Å². The van der Waals surface area contributed by atoms with E-state index in [2.05, 4.69) is 20.8 Å². The largest absolute Gasteiger partial charge is 0.481 e. The number of carbonyl (C=O) groups excluding carboxylic acids is 1. The Morgan fingerprint density at radius 2 is 2.04 bits per heavy atom. The number of carbonyl (C=O) groups is 2. The normalized spacial score (nSPS) is 23.6. The van der Waals surface area contributed by atoms with Crippen LogP contribution in [0.3, 0.4) is 0 Å². The zero-order valence-electron chi connectivity index (χ0n) is 13.3. The fourth-order valence-corrected chi connectivity index (χ4v) is 3.26. The number of carboxylic acids is 1. The van der Waals surface area contributed by atoms with Crippen molar-refractivity contribution in [3.05, 3.63) is 36.2 Å². The Labute approximate surface area is 138 Å². The molecule has 2 N–H and O–H groups in total. The third-order valence-electron chi connectivity index (χ3n) is 4.65. The summed E-state index contributed by atoms with van der Waals surface area (Å²) in [5, 5.41) is 23.3. The summed E-state index contributed by atoms with van der Waals surface area (Å²) in [5.41, 5.74) is 0.488. The Morgan fingerprint density at radius 1 is 1.29 bits per heavy atom. The third-order valence-corrected chi connectivity index (χ3v) is 4.65. The van der Waals surface area contributed by atoms with Gasteiger partial charge >= 0.3 is 5.97 Å². The van der Waals surface area contributed by atoms with E-state index in [0.717, 1.165) is 18.5 Å². The number of rotatable bonds is 4. The molecule has 1 amide bonds. The van der Waals surface area contributed by atoms with Crippen LogP contribution in [0.15, 0.2) is 30.6 Å². The molecule has 0 saturated heterocycles. The highest BCUT2D eigenvalue weighted by atomic mass is 16.4. The standard InChI is InChI=1S/C16H19N5O3/c1-16(9-3-2-4-13(16)15(23)24)18-14(22)11-5-7-12(8-6-11)21-10-17-19-20-21/h5-8,10,13H,2-4,9H2,1H3,(H,18,22)(H,23,24). The number of hydrogen-bond acceptors (Lipinski definition) is 5. The number of nitrogens with zero attached hydrogens (tertiary/aromatic N) is 4. The number of nitrogens with one attached hydrogen (secondary N) is 1. The fraction of sp³-hybridized carbons (Fsp3) is 0.438. The van der Waals surface area contributed by atoms with Crippen LogP contribution in [0.2, 0.25) is 0 Å². The van der Waals surface area contributed by atoms with Gasteiger partial charge in [0.05, 0.1) is 17.1 Å². The van der Waals surface area contributed by atoms with Crippen molar-refractivity contribution in [1.29, 1.82) is 0 Å². The van der Waals surface area contributed by atoms with Gasteiger partial charge in [-0.25, -0.2) is 4.68 Å². The molecule has 8 heteroatoms. The van der Waals surface area contributed by atoms with Crippen LogP contribution in [0.25, 0.3) is 5.69 Å². The van der Waals surface area contributed by atoms with E-state index >= 15 is 0 Å². The first-order chi connectivity index (χ1) is 11.5. The topological polar surface area (TPSA) is 110 Å². The van der Waals surface area contributed by atoms with E-state index < -0.39 is 17.4 Å². The maximum absolute atomic E-state index is 12.5. The van der Waals surface area contributed by atoms with E-state index in [9.17, 15) is 14.7 Å². The summed E-state index contributed by atoms with van der Waals surface area (Å²) in [6, 6.07) is 6.83. The van der Waals surface area contributed by atoms with Crippen molar-refractivity contribution in [3.8, 4) is 5.69 Å². The van der Waals surface area contributed by atoms with E-state index in [1.807, 2.05) is 6.92 Å². The first kappa shape index (κ1) is 16.1. The van der Waals surface area contributed by atoms with Crippen LogP contribution in [0, 0.1) is 5.92 Å². The van der Waals surface area contributed by atoms with E-state index in [-0.39, 0.29) is 5.91 Å². The highest BCUT2D eigenvalue weighted by molar-refractivity contribution is 5.95. The van der Waals surface area contributed by atoms with Crippen molar-refractivity contribution in [1.82, 2.24) is 25.5 Å². The van der Waals surface area contributed by atoms with Gasteiger partial charge in [-0.05, 0) is 54.5 Å². The summed E-state index contributed by atoms with van der Waals surface area (Å²) in [4.78, 5) is 24.0. The highest BCUT2D eigenvalue weighted by Gasteiger charge is 2.42. The van der Waals surface area contributed by atoms with E-state index in [0.29, 0.717) is 18.4 Å². The monoisotopic (exact) mass is 329 g/mol. The first-order valence-electron chi connectivity index (χ1n) is 7.88. The predicted octanol–water partition coefficient (Wildman–Crippen LogP) is 1.43. The molecule has 1 fully saturated rings. The molecular formula is C16H19N5O3. The van der Waals surface area contributed by atoms with Gasteiger partial charge in [-0.3, -0.25) is 9.59 Å². The Bertz CT molecular complexity index is 729. The van der Waals surface area contributed by atoms with Crippen LogP contribution < -0.4 is 5.32 Å². The lowest BCUT2D eigenvalue weighted by Crippen LogP contribution is -2.55. The van der Waals surface area contributed by atoms with Gasteiger partial charge in [0.15, 0.2) is 0 Å². The maximum Gasteiger partial charge on any atom is 0.308 e. The number of amides is 1. The Balaban J connectivity index is 1.75. The number of hydrogen-bond donors (Lipinski definition) is 2. The lowest BCUT2D eigenvalue weighted by atomic mass is 9.73. The summed E-state index contributed by atoms with van der Waals surface area (Å²) in [6.45, 7) is 1.82. The molecule has 2 atom stereocenters. The van der Waals surface area contributed by atoms with E-state index in [1.54, 1.807) is 24.3 Å². The lowest BCUT2D eigenvalue weighted by molar-refractivity contribution is -0.145. The SMILES string of the molecule is CC1(NC(=O)c2ccc(-n3cnnn3)cc2)CCCCC1C(=O)O.